The largest absolute Gasteiger partial charge is 0.713 e. The maximum atomic E-state index is 6.58. The zero-order valence-corrected chi connectivity index (χ0v) is 32.6. The number of benzene rings is 2. The highest BCUT2D eigenvalue weighted by molar-refractivity contribution is 6.38. The molecular formula is C41H62B2O6. The minimum absolute atomic E-state index is 0.233. The van der Waals surface area contributed by atoms with E-state index in [4.69, 9.17) is 27.9 Å². The lowest BCUT2D eigenvalue weighted by Crippen LogP contribution is -2.33. The molecule has 0 bridgehead atoms. The lowest BCUT2D eigenvalue weighted by molar-refractivity contribution is 0.164. The third-order valence-corrected chi connectivity index (χ3v) is 7.77. The van der Waals surface area contributed by atoms with Gasteiger partial charge < -0.3 is 27.9 Å². The molecule has 0 aliphatic carbocycles. The van der Waals surface area contributed by atoms with Crippen molar-refractivity contribution in [2.24, 2.45) is 0 Å². The Balaban J connectivity index is 2.83. The van der Waals surface area contributed by atoms with Crippen molar-refractivity contribution in [2.45, 2.75) is 111 Å². The zero-order chi connectivity index (χ0) is 37.2. The second kappa shape index (κ2) is 17.8. The average molecular weight is 673 g/mol. The third-order valence-electron chi connectivity index (χ3n) is 7.77. The highest BCUT2D eigenvalue weighted by atomic mass is 16.7. The molecule has 0 spiro atoms. The molecule has 2 aromatic carbocycles. The lowest BCUT2D eigenvalue weighted by Gasteiger charge is -2.33. The van der Waals surface area contributed by atoms with E-state index in [-0.39, 0.29) is 21.7 Å². The molecule has 2 aromatic rings. The van der Waals surface area contributed by atoms with Crippen molar-refractivity contribution in [3.05, 3.63) is 108 Å². The summed E-state index contributed by atoms with van der Waals surface area (Å²) in [6.45, 7) is 42.8. The number of rotatable bonds is 18. The summed E-state index contributed by atoms with van der Waals surface area (Å²) in [5.41, 5.74) is 5.77. The van der Waals surface area contributed by atoms with Crippen molar-refractivity contribution >= 4 is 14.6 Å². The first-order valence-corrected chi connectivity index (χ1v) is 17.3. The summed E-state index contributed by atoms with van der Waals surface area (Å²) in [4.78, 5) is 0. The van der Waals surface area contributed by atoms with Gasteiger partial charge >= 0.3 is 14.6 Å². The molecule has 0 atom stereocenters. The molecule has 6 nitrogen and oxygen atoms in total. The van der Waals surface area contributed by atoms with Crippen LogP contribution < -0.4 is 9.31 Å². The van der Waals surface area contributed by atoms with Gasteiger partial charge in [-0.25, -0.2) is 0 Å². The number of hydrogen-bond donors (Lipinski definition) is 0. The fourth-order valence-corrected chi connectivity index (χ4v) is 5.31. The molecule has 0 fully saturated rings. The van der Waals surface area contributed by atoms with Gasteiger partial charge in [-0.3, -0.25) is 0 Å². The summed E-state index contributed by atoms with van der Waals surface area (Å²) in [5.74, 6) is 1.56. The summed E-state index contributed by atoms with van der Waals surface area (Å²) in [5, 5.41) is 0. The van der Waals surface area contributed by atoms with Crippen molar-refractivity contribution in [2.75, 3.05) is 26.4 Å². The molecular weight excluding hydrogens is 610 g/mol. The molecule has 268 valence electrons. The van der Waals surface area contributed by atoms with Crippen LogP contribution in [0, 0.1) is 0 Å². The van der Waals surface area contributed by atoms with Crippen molar-refractivity contribution in [1.29, 1.82) is 0 Å². The molecule has 49 heavy (non-hydrogen) atoms. The monoisotopic (exact) mass is 672 g/mol. The molecule has 0 aliphatic heterocycles. The van der Waals surface area contributed by atoms with Crippen LogP contribution >= 0.6 is 0 Å². The summed E-state index contributed by atoms with van der Waals surface area (Å²) < 4.78 is 36.7. The van der Waals surface area contributed by atoms with E-state index in [0.717, 1.165) is 33.8 Å². The standard InChI is InChI=1S/C41H62B2O6/c1-17-21-44-42(45-22-18-2)48-36-32(38(5,6)7)26-30(27-33(36)39(8,9)10)25-31-28-34(40(11,12)13)37(35(29-31)41(14,15)16)49-43(46-23-19-3)47-24-20-4/h17-20,26-29H,1-4,21-25H2,5-16H3. The van der Waals surface area contributed by atoms with Crippen molar-refractivity contribution in [1.82, 2.24) is 0 Å². The first-order valence-electron chi connectivity index (χ1n) is 17.3. The first kappa shape index (κ1) is 42.1. The second-order valence-corrected chi connectivity index (χ2v) is 16.5. The minimum atomic E-state index is -0.907. The smallest absolute Gasteiger partial charge is 0.511 e. The predicted octanol–water partition coefficient (Wildman–Crippen LogP) is 10.0. The number of hydrogen-bond acceptors (Lipinski definition) is 6. The van der Waals surface area contributed by atoms with Gasteiger partial charge in [-0.15, -0.1) is 26.3 Å². The Bertz CT molecular complexity index is 1220. The van der Waals surface area contributed by atoms with Gasteiger partial charge in [0.25, 0.3) is 0 Å². The van der Waals surface area contributed by atoms with Gasteiger partial charge in [0.15, 0.2) is 0 Å². The van der Waals surface area contributed by atoms with Gasteiger partial charge in [-0.2, -0.15) is 0 Å². The van der Waals surface area contributed by atoms with Crippen molar-refractivity contribution in [3.8, 4) is 11.5 Å². The molecule has 0 radical (unpaired) electrons. The molecule has 2 rings (SSSR count). The summed E-state index contributed by atoms with van der Waals surface area (Å²) >= 11 is 0. The molecule has 0 amide bonds. The van der Waals surface area contributed by atoms with Gasteiger partial charge in [0.1, 0.15) is 11.5 Å². The van der Waals surface area contributed by atoms with E-state index in [9.17, 15) is 0 Å². The lowest BCUT2D eigenvalue weighted by atomic mass is 9.76. The van der Waals surface area contributed by atoms with E-state index >= 15 is 0 Å². The van der Waals surface area contributed by atoms with Crippen LogP contribution in [0.25, 0.3) is 0 Å². The Hall–Kier alpha value is -3.03. The molecule has 0 saturated heterocycles. The molecule has 0 aliphatic rings. The van der Waals surface area contributed by atoms with Crippen LogP contribution in [0.3, 0.4) is 0 Å². The highest BCUT2D eigenvalue weighted by Gasteiger charge is 2.35. The molecule has 0 unspecified atom stereocenters. The third kappa shape index (κ3) is 12.7. The Labute approximate surface area is 299 Å². The molecule has 8 heteroatoms. The van der Waals surface area contributed by atoms with Gasteiger partial charge in [0.05, 0.1) is 26.4 Å². The summed E-state index contributed by atoms with van der Waals surface area (Å²) in [6, 6.07) is 9.07. The summed E-state index contributed by atoms with van der Waals surface area (Å²) in [6.07, 6.45) is 7.45. The van der Waals surface area contributed by atoms with E-state index < -0.39 is 14.6 Å². The van der Waals surface area contributed by atoms with Crippen molar-refractivity contribution in [3.63, 3.8) is 0 Å². The van der Waals surface area contributed by atoms with Crippen LogP contribution in [-0.2, 0) is 46.7 Å². The molecule has 0 saturated carbocycles. The van der Waals surface area contributed by atoms with Crippen LogP contribution in [0.15, 0.2) is 74.9 Å². The van der Waals surface area contributed by atoms with Crippen LogP contribution in [0.1, 0.15) is 116 Å². The van der Waals surface area contributed by atoms with E-state index in [0.29, 0.717) is 32.8 Å². The maximum absolute atomic E-state index is 6.58. The fourth-order valence-electron chi connectivity index (χ4n) is 5.31. The first-order chi connectivity index (χ1) is 22.7. The van der Waals surface area contributed by atoms with Crippen LogP contribution in [0.2, 0.25) is 0 Å². The van der Waals surface area contributed by atoms with E-state index in [2.05, 4.69) is 134 Å². The average Bonchev–Trinajstić information content (AvgIpc) is 2.98. The normalized spacial score (nSPS) is 12.3. The van der Waals surface area contributed by atoms with Crippen LogP contribution in [-0.4, -0.2) is 41.1 Å². The Kier molecular flexibility index (Phi) is 15.3. The Morgan fingerprint density at radius 3 is 0.857 bits per heavy atom. The van der Waals surface area contributed by atoms with Gasteiger partial charge in [0.2, 0.25) is 0 Å². The highest BCUT2D eigenvalue weighted by Crippen LogP contribution is 2.44. The van der Waals surface area contributed by atoms with E-state index in [1.165, 1.54) is 11.1 Å². The van der Waals surface area contributed by atoms with Gasteiger partial charge in [0, 0.05) is 0 Å². The van der Waals surface area contributed by atoms with E-state index in [1.54, 1.807) is 24.3 Å². The zero-order valence-electron chi connectivity index (χ0n) is 32.6. The quantitative estimate of drug-likeness (QED) is 0.116. The van der Waals surface area contributed by atoms with Gasteiger partial charge in [-0.1, -0.05) is 132 Å². The fraction of sp³-hybridized carbons (Fsp3) is 0.512. The SMILES string of the molecule is C=CCOB(OCC=C)Oc1c(C(C)(C)C)cc(Cc2cc(C(C)(C)C)c(OB(OCC=C)OCC=C)c(C(C)(C)C)c2)cc1C(C)(C)C. The maximum Gasteiger partial charge on any atom is 0.713 e. The Morgan fingerprint density at radius 1 is 0.449 bits per heavy atom. The van der Waals surface area contributed by atoms with E-state index in [1.807, 2.05) is 0 Å². The predicted molar refractivity (Wildman–Crippen MR) is 208 cm³/mol. The summed E-state index contributed by atoms with van der Waals surface area (Å²) in [7, 11) is -1.81. The minimum Gasteiger partial charge on any atom is -0.511 e. The topological polar surface area (TPSA) is 55.4 Å². The van der Waals surface area contributed by atoms with Crippen LogP contribution in [0.5, 0.6) is 11.5 Å². The molecule has 0 heterocycles. The Morgan fingerprint density at radius 2 is 0.673 bits per heavy atom. The van der Waals surface area contributed by atoms with Crippen LogP contribution in [0.4, 0.5) is 0 Å². The second-order valence-electron chi connectivity index (χ2n) is 16.5. The molecule has 0 aromatic heterocycles. The van der Waals surface area contributed by atoms with Gasteiger partial charge in [-0.05, 0) is 61.5 Å². The van der Waals surface area contributed by atoms with Crippen molar-refractivity contribution < 1.29 is 27.9 Å². The molecule has 0 N–H and O–H groups in total.